The summed E-state index contributed by atoms with van der Waals surface area (Å²) in [6.07, 6.45) is -1.59. The molecule has 162 valence electrons. The number of nitrogen functional groups attached to an aromatic ring is 1. The normalized spacial score (nSPS) is 11.2. The van der Waals surface area contributed by atoms with Gasteiger partial charge in [-0.25, -0.2) is 18.7 Å². The number of carbonyl (C=O) groups is 1. The number of benzene rings is 2. The molecule has 4 N–H and O–H groups in total. The predicted octanol–water partition coefficient (Wildman–Crippen LogP) is 4.10. The lowest BCUT2D eigenvalue weighted by Crippen LogP contribution is -2.15. The summed E-state index contributed by atoms with van der Waals surface area (Å²) in [5, 5.41) is 7.99. The Hall–Kier alpha value is -4.21. The summed E-state index contributed by atoms with van der Waals surface area (Å²) in [4.78, 5) is 20.2. The molecule has 0 saturated carbocycles. The number of hydrogen-bond acceptors (Lipinski definition) is 7. The molecule has 10 heteroatoms. The number of aryl methyl sites for hydroxylation is 1. The van der Waals surface area contributed by atoms with Gasteiger partial charge in [0.05, 0.1) is 11.9 Å². The van der Waals surface area contributed by atoms with Crippen LogP contribution in [0.15, 0.2) is 47.0 Å². The molecule has 2 aromatic carbocycles. The molecule has 32 heavy (non-hydrogen) atoms. The fourth-order valence-electron chi connectivity index (χ4n) is 3.50. The molecule has 0 radical (unpaired) electrons. The highest BCUT2D eigenvalue weighted by atomic mass is 19.3. The van der Waals surface area contributed by atoms with Gasteiger partial charge in [-0.15, -0.1) is 10.2 Å². The quantitative estimate of drug-likeness (QED) is 0.481. The van der Waals surface area contributed by atoms with Crippen molar-refractivity contribution in [3.8, 4) is 34.3 Å². The molecule has 0 unspecified atom stereocenters. The number of nitrogens with two attached hydrogens (primary N) is 2. The highest BCUT2D eigenvalue weighted by Gasteiger charge is 2.25. The molecule has 0 fully saturated rings. The first kappa shape index (κ1) is 21.0. The SMILES string of the molecule is Cc1cc(C(N)=O)c(C)c(C(F)F)c1-c1cnc(N)c(-c2nnc(-c3ccccc3)o2)n1. The number of carbonyl (C=O) groups excluding carboxylic acids is 1. The third-order valence-electron chi connectivity index (χ3n) is 5.02. The van der Waals surface area contributed by atoms with Crippen molar-refractivity contribution in [2.24, 2.45) is 5.73 Å². The molecule has 0 aliphatic heterocycles. The van der Waals surface area contributed by atoms with E-state index < -0.39 is 12.3 Å². The highest BCUT2D eigenvalue weighted by Crippen LogP contribution is 2.38. The van der Waals surface area contributed by atoms with E-state index in [2.05, 4.69) is 20.2 Å². The zero-order valence-electron chi connectivity index (χ0n) is 17.1. The number of rotatable bonds is 5. The van der Waals surface area contributed by atoms with Crippen LogP contribution in [0.3, 0.4) is 0 Å². The minimum absolute atomic E-state index is 0.00117. The Kier molecular flexibility index (Phi) is 5.35. The van der Waals surface area contributed by atoms with Crippen molar-refractivity contribution < 1.29 is 18.0 Å². The Morgan fingerprint density at radius 1 is 1.09 bits per heavy atom. The minimum Gasteiger partial charge on any atom is -0.414 e. The average molecular weight is 436 g/mol. The monoisotopic (exact) mass is 436 g/mol. The average Bonchev–Trinajstić information content (AvgIpc) is 3.25. The second kappa shape index (κ2) is 8.14. The van der Waals surface area contributed by atoms with E-state index in [4.69, 9.17) is 15.9 Å². The van der Waals surface area contributed by atoms with Crippen LogP contribution in [-0.4, -0.2) is 26.1 Å². The van der Waals surface area contributed by atoms with Crippen LogP contribution in [0.4, 0.5) is 14.6 Å². The fourth-order valence-corrected chi connectivity index (χ4v) is 3.50. The standard InChI is InChI=1S/C22H18F2N6O2/c1-10-8-13(20(26)31)11(2)16(18(23)24)15(10)14-9-27-19(25)17(28-14)22-30-29-21(32-22)12-6-4-3-5-7-12/h3-9,18H,1-2H3,(H2,25,27)(H2,26,31). The Morgan fingerprint density at radius 3 is 2.44 bits per heavy atom. The summed E-state index contributed by atoms with van der Waals surface area (Å²) in [5.74, 6) is -0.545. The lowest BCUT2D eigenvalue weighted by molar-refractivity contribution is 0.0999. The molecule has 2 heterocycles. The number of alkyl halides is 2. The number of aromatic nitrogens is 4. The largest absolute Gasteiger partial charge is 0.414 e. The summed E-state index contributed by atoms with van der Waals surface area (Å²) in [6.45, 7) is 3.01. The molecule has 0 saturated heterocycles. The molecular weight excluding hydrogens is 418 g/mol. The van der Waals surface area contributed by atoms with Crippen LogP contribution < -0.4 is 11.5 Å². The van der Waals surface area contributed by atoms with Crippen LogP contribution in [-0.2, 0) is 0 Å². The number of amides is 1. The van der Waals surface area contributed by atoms with Gasteiger partial charge in [0.25, 0.3) is 12.3 Å². The van der Waals surface area contributed by atoms with Crippen LogP contribution in [0.1, 0.15) is 33.5 Å². The topological polar surface area (TPSA) is 134 Å². The lowest BCUT2D eigenvalue weighted by Gasteiger charge is -2.17. The van der Waals surface area contributed by atoms with E-state index in [0.717, 1.165) is 0 Å². The van der Waals surface area contributed by atoms with Crippen molar-refractivity contribution in [2.75, 3.05) is 5.73 Å². The van der Waals surface area contributed by atoms with Gasteiger partial charge in [-0.2, -0.15) is 0 Å². The van der Waals surface area contributed by atoms with Crippen molar-refractivity contribution in [3.05, 3.63) is 64.8 Å². The molecule has 1 amide bonds. The Bertz CT molecular complexity index is 1320. The van der Waals surface area contributed by atoms with Crippen LogP contribution in [0.25, 0.3) is 34.3 Å². The van der Waals surface area contributed by atoms with Crippen LogP contribution in [0.2, 0.25) is 0 Å². The van der Waals surface area contributed by atoms with Crippen molar-refractivity contribution in [3.63, 3.8) is 0 Å². The van der Waals surface area contributed by atoms with Gasteiger partial charge >= 0.3 is 0 Å². The summed E-state index contributed by atoms with van der Waals surface area (Å²) in [6, 6.07) is 10.5. The predicted molar refractivity (Wildman–Crippen MR) is 114 cm³/mol. The molecule has 8 nitrogen and oxygen atoms in total. The number of halogens is 2. The van der Waals surface area contributed by atoms with E-state index in [1.54, 1.807) is 19.1 Å². The molecule has 0 atom stereocenters. The molecule has 4 aromatic rings. The fraction of sp³-hybridized carbons (Fsp3) is 0.136. The number of anilines is 1. The first-order valence-electron chi connectivity index (χ1n) is 9.52. The number of hydrogen-bond donors (Lipinski definition) is 2. The highest BCUT2D eigenvalue weighted by molar-refractivity contribution is 5.96. The first-order chi connectivity index (χ1) is 15.3. The summed E-state index contributed by atoms with van der Waals surface area (Å²) in [5.41, 5.74) is 12.5. The van der Waals surface area contributed by atoms with Gasteiger partial charge in [-0.05, 0) is 43.2 Å². The van der Waals surface area contributed by atoms with E-state index in [-0.39, 0.29) is 51.2 Å². The zero-order valence-corrected chi connectivity index (χ0v) is 17.1. The van der Waals surface area contributed by atoms with E-state index in [1.165, 1.54) is 19.2 Å². The molecule has 0 aliphatic rings. The van der Waals surface area contributed by atoms with E-state index in [1.807, 2.05) is 18.2 Å². The number of primary amides is 1. The number of nitrogens with zero attached hydrogens (tertiary/aromatic N) is 4. The molecule has 0 aliphatic carbocycles. The van der Waals surface area contributed by atoms with Gasteiger partial charge in [0.2, 0.25) is 11.8 Å². The summed E-state index contributed by atoms with van der Waals surface area (Å²) < 4.78 is 33.7. The second-order valence-corrected chi connectivity index (χ2v) is 7.09. The van der Waals surface area contributed by atoms with Crippen LogP contribution in [0.5, 0.6) is 0 Å². The maximum Gasteiger partial charge on any atom is 0.270 e. The van der Waals surface area contributed by atoms with Gasteiger partial charge in [-0.3, -0.25) is 4.79 Å². The van der Waals surface area contributed by atoms with Crippen molar-refractivity contribution in [2.45, 2.75) is 20.3 Å². The third-order valence-corrected chi connectivity index (χ3v) is 5.02. The van der Waals surface area contributed by atoms with Gasteiger partial charge < -0.3 is 15.9 Å². The van der Waals surface area contributed by atoms with E-state index in [9.17, 15) is 13.6 Å². The van der Waals surface area contributed by atoms with Gasteiger partial charge in [0.15, 0.2) is 11.5 Å². The smallest absolute Gasteiger partial charge is 0.270 e. The molecule has 0 bridgehead atoms. The maximum absolute atomic E-state index is 14.0. The van der Waals surface area contributed by atoms with Crippen molar-refractivity contribution in [1.29, 1.82) is 0 Å². The molecular formula is C22H18F2N6O2. The lowest BCUT2D eigenvalue weighted by atomic mass is 9.91. The Labute approximate surface area is 181 Å². The summed E-state index contributed by atoms with van der Waals surface area (Å²) in [7, 11) is 0. The maximum atomic E-state index is 14.0. The first-order valence-corrected chi connectivity index (χ1v) is 9.52. The zero-order chi connectivity index (χ0) is 23.0. The van der Waals surface area contributed by atoms with Crippen LogP contribution in [0, 0.1) is 13.8 Å². The van der Waals surface area contributed by atoms with E-state index >= 15 is 0 Å². The minimum atomic E-state index is -2.88. The Balaban J connectivity index is 1.87. The van der Waals surface area contributed by atoms with Gasteiger partial charge in [0, 0.05) is 22.3 Å². The van der Waals surface area contributed by atoms with E-state index in [0.29, 0.717) is 11.1 Å². The second-order valence-electron chi connectivity index (χ2n) is 7.09. The van der Waals surface area contributed by atoms with Crippen LogP contribution >= 0.6 is 0 Å². The van der Waals surface area contributed by atoms with Crippen molar-refractivity contribution in [1.82, 2.24) is 20.2 Å². The van der Waals surface area contributed by atoms with Crippen molar-refractivity contribution >= 4 is 11.7 Å². The third kappa shape index (κ3) is 3.66. The molecule has 4 rings (SSSR count). The molecule has 0 spiro atoms. The molecule has 2 aromatic heterocycles. The van der Waals surface area contributed by atoms with Gasteiger partial charge in [-0.1, -0.05) is 18.2 Å². The Morgan fingerprint density at radius 2 is 1.78 bits per heavy atom. The summed E-state index contributed by atoms with van der Waals surface area (Å²) >= 11 is 0. The van der Waals surface area contributed by atoms with Gasteiger partial charge in [0.1, 0.15) is 0 Å².